The molecule has 0 N–H and O–H groups in total. The van der Waals surface area contributed by atoms with E-state index in [9.17, 15) is 0 Å². The summed E-state index contributed by atoms with van der Waals surface area (Å²) in [6.07, 6.45) is 0. The van der Waals surface area contributed by atoms with Crippen molar-refractivity contribution in [2.45, 2.75) is 12.8 Å². The minimum Gasteiger partial charge on any atom is -0.479 e. The molecule has 0 aliphatic heterocycles. The van der Waals surface area contributed by atoms with Crippen LogP contribution in [-0.2, 0) is 10.6 Å². The van der Waals surface area contributed by atoms with Crippen molar-refractivity contribution < 1.29 is 4.74 Å². The summed E-state index contributed by atoms with van der Waals surface area (Å²) in [6, 6.07) is 8.20. The van der Waals surface area contributed by atoms with Gasteiger partial charge < -0.3 is 9.30 Å². The van der Waals surface area contributed by atoms with Gasteiger partial charge >= 0.3 is 0 Å². The Labute approximate surface area is 119 Å². The molecule has 17 heavy (non-hydrogen) atoms. The smallest absolute Gasteiger partial charge is 0.221 e. The van der Waals surface area contributed by atoms with Gasteiger partial charge in [-0.1, -0.05) is 23.9 Å². The zero-order valence-corrected chi connectivity index (χ0v) is 12.5. The summed E-state index contributed by atoms with van der Waals surface area (Å²) in [5.41, 5.74) is 1.16. The Morgan fingerprint density at radius 3 is 3.00 bits per heavy atom. The van der Waals surface area contributed by atoms with E-state index in [2.05, 4.69) is 16.7 Å². The molecule has 6 heteroatoms. The van der Waals surface area contributed by atoms with Crippen LogP contribution in [0.15, 0.2) is 24.3 Å². The summed E-state index contributed by atoms with van der Waals surface area (Å²) >= 11 is 13.6. The Morgan fingerprint density at radius 2 is 2.24 bits per heavy atom. The average molecular weight is 301 g/mol. The molecule has 0 aliphatic carbocycles. The molecule has 1 aromatic heterocycles. The van der Waals surface area contributed by atoms with Crippen LogP contribution in [0.25, 0.3) is 10.2 Å². The van der Waals surface area contributed by atoms with Crippen molar-refractivity contribution in [2.75, 3.05) is 6.61 Å². The lowest BCUT2D eigenvalue weighted by molar-refractivity contribution is 0.346. The molecule has 0 fully saturated rings. The summed E-state index contributed by atoms with van der Waals surface area (Å²) < 4.78 is 9.99. The van der Waals surface area contributed by atoms with Crippen molar-refractivity contribution in [3.8, 4) is 0 Å². The number of benzene rings is 1. The number of hydrogen-bond acceptors (Lipinski definition) is 5. The molecule has 0 atom stereocenters. The number of hydrogen-bond donors (Lipinski definition) is 0. The van der Waals surface area contributed by atoms with Gasteiger partial charge in [-0.05, 0) is 43.5 Å². The lowest BCUT2D eigenvalue weighted by Gasteiger charge is -2.06. The first-order valence-corrected chi connectivity index (χ1v) is 7.72. The molecule has 1 heterocycles. The molecule has 0 radical (unpaired) electrons. The van der Waals surface area contributed by atoms with E-state index in [-0.39, 0.29) is 0 Å². The highest BCUT2D eigenvalue weighted by atomic mass is 32.2. The Kier molecular flexibility index (Phi) is 4.55. The standard InChI is InChI=1S/C11H11NOS4/c1-2-13-11(15)16-7-12-8-5-3-4-6-9(8)17-10(12)14/h3-6H,2,7H2,1H3. The number of thioether (sulfide) groups is 1. The highest BCUT2D eigenvalue weighted by Crippen LogP contribution is 2.25. The van der Waals surface area contributed by atoms with E-state index in [0.717, 1.165) is 9.47 Å². The molecule has 0 bridgehead atoms. The zero-order valence-electron chi connectivity index (χ0n) is 9.21. The number of ether oxygens (including phenoxy) is 1. The van der Waals surface area contributed by atoms with Gasteiger partial charge in [-0.2, -0.15) is 0 Å². The number of fused-ring (bicyclic) bond motifs is 1. The maximum absolute atomic E-state index is 5.35. The number of rotatable bonds is 3. The third-order valence-corrected chi connectivity index (χ3v) is 4.79. The largest absolute Gasteiger partial charge is 0.479 e. The molecule has 0 amide bonds. The monoisotopic (exact) mass is 301 g/mol. The molecule has 2 rings (SSSR count). The van der Waals surface area contributed by atoms with Gasteiger partial charge in [-0.3, -0.25) is 0 Å². The first-order chi connectivity index (χ1) is 8.22. The Balaban J connectivity index is 2.21. The fourth-order valence-electron chi connectivity index (χ4n) is 1.41. The SMILES string of the molecule is CCOC(=S)SCn1c(=S)sc2ccccc21. The molecule has 0 spiro atoms. The minimum atomic E-state index is 0.574. The van der Waals surface area contributed by atoms with Gasteiger partial charge in [-0.15, -0.1) is 11.3 Å². The number of nitrogens with zero attached hydrogens (tertiary/aromatic N) is 1. The molecule has 0 aliphatic rings. The molecular weight excluding hydrogens is 290 g/mol. The van der Waals surface area contributed by atoms with Gasteiger partial charge in [0.25, 0.3) is 0 Å². The summed E-state index contributed by atoms with van der Waals surface area (Å²) in [5, 5.41) is 0. The van der Waals surface area contributed by atoms with E-state index in [4.69, 9.17) is 29.2 Å². The molecule has 2 aromatic rings. The van der Waals surface area contributed by atoms with Gasteiger partial charge in [0.15, 0.2) is 3.95 Å². The third kappa shape index (κ3) is 3.07. The van der Waals surface area contributed by atoms with Crippen LogP contribution in [0.2, 0.25) is 0 Å². The van der Waals surface area contributed by atoms with Crippen molar-refractivity contribution in [1.29, 1.82) is 0 Å². The van der Waals surface area contributed by atoms with Crippen molar-refractivity contribution in [3.63, 3.8) is 0 Å². The van der Waals surface area contributed by atoms with E-state index >= 15 is 0 Å². The minimum absolute atomic E-state index is 0.574. The van der Waals surface area contributed by atoms with Crippen LogP contribution in [0.3, 0.4) is 0 Å². The van der Waals surface area contributed by atoms with Crippen LogP contribution in [0.4, 0.5) is 0 Å². The molecule has 1 aromatic carbocycles. The molecular formula is C11H11NOS4. The van der Waals surface area contributed by atoms with Gasteiger partial charge in [0.05, 0.1) is 22.7 Å². The predicted octanol–water partition coefficient (Wildman–Crippen LogP) is 4.44. The molecule has 90 valence electrons. The lowest BCUT2D eigenvalue weighted by atomic mass is 10.3. The summed E-state index contributed by atoms with van der Waals surface area (Å²) in [6.45, 7) is 2.54. The average Bonchev–Trinajstić information content (AvgIpc) is 2.62. The van der Waals surface area contributed by atoms with Crippen molar-refractivity contribution in [3.05, 3.63) is 28.2 Å². The van der Waals surface area contributed by atoms with E-state index < -0.39 is 0 Å². The normalized spacial score (nSPS) is 10.6. The van der Waals surface area contributed by atoms with Gasteiger partial charge in [0.1, 0.15) is 0 Å². The van der Waals surface area contributed by atoms with Crippen LogP contribution >= 0.6 is 47.5 Å². The highest BCUT2D eigenvalue weighted by molar-refractivity contribution is 8.22. The Bertz CT molecular complexity index is 586. The first kappa shape index (κ1) is 13.0. The lowest BCUT2D eigenvalue weighted by Crippen LogP contribution is -2.00. The quantitative estimate of drug-likeness (QED) is 0.777. The highest BCUT2D eigenvalue weighted by Gasteiger charge is 2.05. The number of thiazole rings is 1. The van der Waals surface area contributed by atoms with E-state index in [1.54, 1.807) is 11.3 Å². The Morgan fingerprint density at radius 1 is 1.47 bits per heavy atom. The second-order valence-electron chi connectivity index (χ2n) is 3.22. The second kappa shape index (κ2) is 5.95. The van der Waals surface area contributed by atoms with Crippen LogP contribution in [0.5, 0.6) is 0 Å². The molecule has 0 unspecified atom stereocenters. The Hall–Kier alpha value is -0.430. The van der Waals surface area contributed by atoms with Crippen molar-refractivity contribution >= 4 is 62.1 Å². The van der Waals surface area contributed by atoms with Crippen LogP contribution in [0.1, 0.15) is 6.92 Å². The summed E-state index contributed by atoms with van der Waals surface area (Å²) in [4.78, 5) is 0. The van der Waals surface area contributed by atoms with E-state index in [1.165, 1.54) is 16.5 Å². The second-order valence-corrected chi connectivity index (χ2v) is 6.44. The number of aromatic nitrogens is 1. The van der Waals surface area contributed by atoms with Gasteiger partial charge in [-0.25, -0.2) is 0 Å². The maximum atomic E-state index is 5.35. The van der Waals surface area contributed by atoms with Crippen molar-refractivity contribution in [2.24, 2.45) is 0 Å². The number of thiocarbonyl (C=S) groups is 1. The van der Waals surface area contributed by atoms with Crippen LogP contribution < -0.4 is 0 Å². The van der Waals surface area contributed by atoms with Crippen LogP contribution in [-0.4, -0.2) is 15.6 Å². The topological polar surface area (TPSA) is 14.2 Å². The molecule has 2 nitrogen and oxygen atoms in total. The predicted molar refractivity (Wildman–Crippen MR) is 82.5 cm³/mol. The summed E-state index contributed by atoms with van der Waals surface area (Å²) in [5.74, 6) is 0.710. The summed E-state index contributed by atoms with van der Waals surface area (Å²) in [7, 11) is 0. The maximum Gasteiger partial charge on any atom is 0.221 e. The number of para-hydroxylation sites is 1. The fourth-order valence-corrected chi connectivity index (χ4v) is 3.88. The van der Waals surface area contributed by atoms with Crippen molar-refractivity contribution in [1.82, 2.24) is 4.57 Å². The molecule has 0 saturated carbocycles. The third-order valence-electron chi connectivity index (χ3n) is 2.15. The van der Waals surface area contributed by atoms with E-state index in [1.807, 2.05) is 19.1 Å². The van der Waals surface area contributed by atoms with Crippen LogP contribution in [0, 0.1) is 3.95 Å². The molecule has 0 saturated heterocycles. The zero-order chi connectivity index (χ0) is 12.3. The first-order valence-electron chi connectivity index (χ1n) is 5.10. The fraction of sp³-hybridized carbons (Fsp3) is 0.273. The van der Waals surface area contributed by atoms with Gasteiger partial charge in [0, 0.05) is 0 Å². The van der Waals surface area contributed by atoms with Gasteiger partial charge in [0.2, 0.25) is 4.38 Å². The van der Waals surface area contributed by atoms with E-state index in [0.29, 0.717) is 16.9 Å².